The molecule has 0 aromatic heterocycles. The Morgan fingerprint density at radius 1 is 1.12 bits per heavy atom. The molecule has 2 aliphatic heterocycles. The summed E-state index contributed by atoms with van der Waals surface area (Å²) in [7, 11) is 0. The van der Waals surface area contributed by atoms with Crippen LogP contribution in [0.3, 0.4) is 0 Å². The molecule has 2 aliphatic carbocycles. The summed E-state index contributed by atoms with van der Waals surface area (Å²) in [6.07, 6.45) is 18.2. The van der Waals surface area contributed by atoms with Crippen molar-refractivity contribution >= 4 is 35.8 Å². The van der Waals surface area contributed by atoms with Crippen LogP contribution in [-0.4, -0.2) is 34.8 Å². The number of aliphatic imine (C=N–C) groups is 1. The van der Waals surface area contributed by atoms with Crippen LogP contribution in [0.25, 0.3) is 0 Å². The zero-order valence-corrected chi connectivity index (χ0v) is 16.3. The Labute approximate surface area is 161 Å². The summed E-state index contributed by atoms with van der Waals surface area (Å²) in [4.78, 5) is 17.6. The van der Waals surface area contributed by atoms with Crippen molar-refractivity contribution in [2.24, 2.45) is 16.8 Å². The molecule has 2 fully saturated rings. The number of esters is 1. The molecule has 3 nitrogen and oxygen atoms in total. The lowest BCUT2D eigenvalue weighted by atomic mass is 9.74. The first-order valence-electron chi connectivity index (χ1n) is 9.55. The van der Waals surface area contributed by atoms with Crippen LogP contribution >= 0.6 is 24.2 Å². The second-order valence-electron chi connectivity index (χ2n) is 7.49. The second-order valence-corrected chi connectivity index (χ2v) is 8.79. The van der Waals surface area contributed by atoms with Gasteiger partial charge in [0, 0.05) is 12.3 Å². The van der Waals surface area contributed by atoms with E-state index in [1.54, 1.807) is 0 Å². The van der Waals surface area contributed by atoms with Crippen molar-refractivity contribution in [3.8, 4) is 0 Å². The number of carbonyl (C=O) groups excluding carboxylic acids is 1. The molecule has 0 bridgehead atoms. The van der Waals surface area contributed by atoms with E-state index in [4.69, 9.17) is 9.73 Å². The Kier molecular flexibility index (Phi) is 6.32. The van der Waals surface area contributed by atoms with Crippen LogP contribution in [0, 0.1) is 11.8 Å². The van der Waals surface area contributed by atoms with Gasteiger partial charge in [0.2, 0.25) is 0 Å². The molecule has 0 radical (unpaired) electrons. The molecule has 2 heterocycles. The molecule has 138 valence electrons. The molecule has 1 spiro atoms. The molecule has 4 rings (SSSR count). The summed E-state index contributed by atoms with van der Waals surface area (Å²) in [5.74, 6) is 1.30. The lowest BCUT2D eigenvalue weighted by Crippen LogP contribution is -2.45. The van der Waals surface area contributed by atoms with E-state index in [-0.39, 0.29) is 35.1 Å². The SMILES string of the molecule is Cl.O=C(OC1CCCCCCC1)C1CSC23C=CC=CC2=NCCC13. The average Bonchev–Trinajstić information content (AvgIpc) is 2.95. The highest BCUT2D eigenvalue weighted by Crippen LogP contribution is 2.53. The summed E-state index contributed by atoms with van der Waals surface area (Å²) in [6.45, 7) is 0.841. The predicted molar refractivity (Wildman–Crippen MR) is 107 cm³/mol. The number of nitrogens with zero attached hydrogens (tertiary/aromatic N) is 1. The van der Waals surface area contributed by atoms with E-state index in [9.17, 15) is 4.79 Å². The van der Waals surface area contributed by atoms with Crippen LogP contribution in [0.2, 0.25) is 0 Å². The van der Waals surface area contributed by atoms with E-state index in [1.165, 1.54) is 32.1 Å². The van der Waals surface area contributed by atoms with Crippen molar-refractivity contribution in [1.82, 2.24) is 0 Å². The minimum absolute atomic E-state index is 0. The second kappa shape index (κ2) is 8.30. The van der Waals surface area contributed by atoms with Crippen molar-refractivity contribution in [1.29, 1.82) is 0 Å². The fourth-order valence-corrected chi connectivity index (χ4v) is 6.46. The highest BCUT2D eigenvalue weighted by atomic mass is 35.5. The molecule has 4 aliphatic rings. The molecule has 0 amide bonds. The summed E-state index contributed by atoms with van der Waals surface area (Å²) >= 11 is 1.89. The molecule has 3 atom stereocenters. The van der Waals surface area contributed by atoms with Gasteiger partial charge in [0.25, 0.3) is 0 Å². The normalized spacial score (nSPS) is 34.8. The van der Waals surface area contributed by atoms with E-state index in [0.29, 0.717) is 5.92 Å². The van der Waals surface area contributed by atoms with Crippen molar-refractivity contribution in [3.05, 3.63) is 24.3 Å². The number of ether oxygens (including phenoxy) is 1. The first-order chi connectivity index (χ1) is 11.8. The van der Waals surface area contributed by atoms with Crippen molar-refractivity contribution in [2.75, 3.05) is 12.3 Å². The molecule has 25 heavy (non-hydrogen) atoms. The van der Waals surface area contributed by atoms with Gasteiger partial charge in [-0.2, -0.15) is 0 Å². The van der Waals surface area contributed by atoms with Crippen LogP contribution in [0.15, 0.2) is 29.3 Å². The van der Waals surface area contributed by atoms with E-state index < -0.39 is 0 Å². The Morgan fingerprint density at radius 3 is 2.68 bits per heavy atom. The van der Waals surface area contributed by atoms with Gasteiger partial charge in [0.05, 0.1) is 16.4 Å². The van der Waals surface area contributed by atoms with E-state index in [2.05, 4.69) is 24.3 Å². The maximum atomic E-state index is 12.9. The van der Waals surface area contributed by atoms with E-state index in [1.807, 2.05) is 11.8 Å². The van der Waals surface area contributed by atoms with Crippen LogP contribution in [0.1, 0.15) is 51.4 Å². The van der Waals surface area contributed by atoms with Gasteiger partial charge in [0.1, 0.15) is 6.10 Å². The molecule has 1 saturated carbocycles. The van der Waals surface area contributed by atoms with Gasteiger partial charge in [-0.15, -0.1) is 24.2 Å². The monoisotopic (exact) mass is 381 g/mol. The molecule has 0 aromatic rings. The summed E-state index contributed by atoms with van der Waals surface area (Å²) in [6, 6.07) is 0. The van der Waals surface area contributed by atoms with Gasteiger partial charge in [-0.1, -0.05) is 37.5 Å². The zero-order chi connectivity index (χ0) is 16.4. The fraction of sp³-hybridized carbons (Fsp3) is 0.700. The zero-order valence-electron chi connectivity index (χ0n) is 14.7. The van der Waals surface area contributed by atoms with Crippen LogP contribution in [-0.2, 0) is 9.53 Å². The number of carbonyl (C=O) groups is 1. The molecule has 5 heteroatoms. The van der Waals surface area contributed by atoms with E-state index in [0.717, 1.165) is 37.3 Å². The molecule has 0 N–H and O–H groups in total. The van der Waals surface area contributed by atoms with Crippen LogP contribution in [0.5, 0.6) is 0 Å². The number of rotatable bonds is 2. The number of hydrogen-bond acceptors (Lipinski definition) is 4. The van der Waals surface area contributed by atoms with Crippen molar-refractivity contribution in [3.63, 3.8) is 0 Å². The topological polar surface area (TPSA) is 38.7 Å². The Bertz CT molecular complexity index is 580. The highest BCUT2D eigenvalue weighted by molar-refractivity contribution is 8.02. The maximum Gasteiger partial charge on any atom is 0.310 e. The largest absolute Gasteiger partial charge is 0.462 e. The molecule has 1 saturated heterocycles. The maximum absolute atomic E-state index is 12.9. The predicted octanol–water partition coefficient (Wildman–Crippen LogP) is 4.75. The number of thioether (sulfide) groups is 1. The van der Waals surface area contributed by atoms with E-state index >= 15 is 0 Å². The number of halogens is 1. The average molecular weight is 382 g/mol. The highest BCUT2D eigenvalue weighted by Gasteiger charge is 2.54. The Balaban J connectivity index is 0.00000182. The van der Waals surface area contributed by atoms with Gasteiger partial charge in [-0.05, 0) is 44.1 Å². The van der Waals surface area contributed by atoms with Gasteiger partial charge in [-0.3, -0.25) is 9.79 Å². The summed E-state index contributed by atoms with van der Waals surface area (Å²) in [5, 5.41) is 0. The van der Waals surface area contributed by atoms with Crippen molar-refractivity contribution < 1.29 is 9.53 Å². The minimum Gasteiger partial charge on any atom is -0.462 e. The van der Waals surface area contributed by atoms with Gasteiger partial charge in [-0.25, -0.2) is 0 Å². The third-order valence-electron chi connectivity index (χ3n) is 6.01. The number of allylic oxidation sites excluding steroid dienone is 3. The van der Waals surface area contributed by atoms with Gasteiger partial charge in [0.15, 0.2) is 0 Å². The smallest absolute Gasteiger partial charge is 0.310 e. The standard InChI is InChI=1S/C20H27NO2S.ClH/c22-19(23-15-8-4-2-1-3-5-9-15)16-14-24-20-12-7-6-10-18(20)21-13-11-17(16)20;/h6-7,10,12,15-17H,1-5,8-9,11,13-14H2;1H. The first-order valence-corrected chi connectivity index (χ1v) is 10.5. The van der Waals surface area contributed by atoms with Crippen molar-refractivity contribution in [2.45, 2.75) is 62.2 Å². The summed E-state index contributed by atoms with van der Waals surface area (Å²) in [5.41, 5.74) is 1.16. The third kappa shape index (κ3) is 3.71. The lowest BCUT2D eigenvalue weighted by molar-refractivity contribution is -0.156. The van der Waals surface area contributed by atoms with Gasteiger partial charge < -0.3 is 4.74 Å². The molecular weight excluding hydrogens is 354 g/mol. The lowest BCUT2D eigenvalue weighted by Gasteiger charge is -2.38. The fourth-order valence-electron chi connectivity index (χ4n) is 4.68. The molecule has 3 unspecified atom stereocenters. The Hall–Kier alpha value is -0.740. The van der Waals surface area contributed by atoms with Crippen LogP contribution < -0.4 is 0 Å². The molecular formula is C20H28ClNO2S. The third-order valence-corrected chi connectivity index (χ3v) is 7.66. The minimum atomic E-state index is -0.0718. The van der Waals surface area contributed by atoms with Gasteiger partial charge >= 0.3 is 5.97 Å². The molecule has 0 aromatic carbocycles. The van der Waals surface area contributed by atoms with Crippen LogP contribution in [0.4, 0.5) is 0 Å². The Morgan fingerprint density at radius 2 is 1.88 bits per heavy atom. The number of hydrogen-bond donors (Lipinski definition) is 0. The summed E-state index contributed by atoms with van der Waals surface area (Å²) < 4.78 is 5.93. The quantitative estimate of drug-likeness (QED) is 0.647. The first kappa shape index (κ1) is 19.0.